The van der Waals surface area contributed by atoms with Gasteiger partial charge in [-0.15, -0.1) is 0 Å². The zero-order chi connectivity index (χ0) is 22.0. The number of amides is 1. The second-order valence-corrected chi connectivity index (χ2v) is 11.0. The van der Waals surface area contributed by atoms with Gasteiger partial charge < -0.3 is 4.90 Å². The fraction of sp³-hybridized carbons (Fsp3) is 0.458. The van der Waals surface area contributed by atoms with Crippen LogP contribution in [0.5, 0.6) is 0 Å². The lowest BCUT2D eigenvalue weighted by Gasteiger charge is -2.38. The largest absolute Gasteiger partial charge is 0.340 e. The first-order valence-electron chi connectivity index (χ1n) is 11.0. The number of aryl methyl sites for hydroxylation is 2. The third-order valence-corrected chi connectivity index (χ3v) is 8.64. The van der Waals surface area contributed by atoms with Crippen molar-refractivity contribution in [3.05, 3.63) is 64.2 Å². The number of halogens is 1. The molecule has 0 N–H and O–H groups in total. The molecule has 1 aliphatic heterocycles. The van der Waals surface area contributed by atoms with Crippen LogP contribution in [0.25, 0.3) is 0 Å². The molecule has 1 unspecified atom stereocenters. The van der Waals surface area contributed by atoms with E-state index in [0.29, 0.717) is 18.0 Å². The summed E-state index contributed by atoms with van der Waals surface area (Å²) in [6.45, 7) is 4.83. The molecule has 1 fully saturated rings. The SMILES string of the molecule is CC(c1ccccc1Cl)N1CCN(C(=O)CCS(=O)(=O)c2ccc3c(c2)CCC3)CC1. The van der Waals surface area contributed by atoms with Crippen LogP contribution in [-0.2, 0) is 27.5 Å². The smallest absolute Gasteiger partial charge is 0.223 e. The van der Waals surface area contributed by atoms with Crippen LogP contribution in [0, 0.1) is 0 Å². The Kier molecular flexibility index (Phi) is 6.70. The van der Waals surface area contributed by atoms with Crippen molar-refractivity contribution in [3.63, 3.8) is 0 Å². The number of carbonyl (C=O) groups excluding carboxylic acids is 1. The Labute approximate surface area is 189 Å². The molecule has 1 amide bonds. The molecule has 1 aliphatic carbocycles. The summed E-state index contributed by atoms with van der Waals surface area (Å²) in [7, 11) is -3.45. The first-order chi connectivity index (χ1) is 14.8. The highest BCUT2D eigenvalue weighted by atomic mass is 35.5. The van der Waals surface area contributed by atoms with E-state index in [9.17, 15) is 13.2 Å². The Morgan fingerprint density at radius 3 is 2.48 bits per heavy atom. The van der Waals surface area contributed by atoms with E-state index in [1.165, 1.54) is 5.56 Å². The number of nitrogens with zero attached hydrogens (tertiary/aromatic N) is 2. The van der Waals surface area contributed by atoms with Crippen molar-refractivity contribution in [2.75, 3.05) is 31.9 Å². The number of rotatable bonds is 6. The first kappa shape index (κ1) is 22.3. The van der Waals surface area contributed by atoms with Crippen LogP contribution in [0.2, 0.25) is 5.02 Å². The van der Waals surface area contributed by atoms with Gasteiger partial charge in [0.1, 0.15) is 0 Å². The van der Waals surface area contributed by atoms with Gasteiger partial charge >= 0.3 is 0 Å². The van der Waals surface area contributed by atoms with Crippen molar-refractivity contribution in [2.24, 2.45) is 0 Å². The minimum absolute atomic E-state index is 0.0273. The molecule has 166 valence electrons. The molecular formula is C24H29ClN2O3S. The third kappa shape index (κ3) is 4.97. The molecule has 31 heavy (non-hydrogen) atoms. The summed E-state index contributed by atoms with van der Waals surface area (Å²) >= 11 is 6.33. The Hall–Kier alpha value is -1.89. The van der Waals surface area contributed by atoms with E-state index in [2.05, 4.69) is 11.8 Å². The predicted octanol–water partition coefficient (Wildman–Crippen LogP) is 3.90. The van der Waals surface area contributed by atoms with Crippen LogP contribution in [0.15, 0.2) is 47.4 Å². The highest BCUT2D eigenvalue weighted by Gasteiger charge is 2.27. The molecule has 1 atom stereocenters. The van der Waals surface area contributed by atoms with E-state index < -0.39 is 9.84 Å². The molecule has 0 radical (unpaired) electrons. The van der Waals surface area contributed by atoms with E-state index >= 15 is 0 Å². The number of piperazine rings is 1. The Bertz CT molecular complexity index is 1060. The van der Waals surface area contributed by atoms with Gasteiger partial charge in [-0.2, -0.15) is 0 Å². The van der Waals surface area contributed by atoms with Crippen molar-refractivity contribution in [1.82, 2.24) is 9.80 Å². The molecule has 1 heterocycles. The van der Waals surface area contributed by atoms with Crippen LogP contribution in [0.3, 0.4) is 0 Å². The van der Waals surface area contributed by atoms with Gasteiger partial charge in [-0.1, -0.05) is 35.9 Å². The van der Waals surface area contributed by atoms with E-state index in [1.54, 1.807) is 17.0 Å². The van der Waals surface area contributed by atoms with Gasteiger partial charge in [-0.3, -0.25) is 9.69 Å². The van der Waals surface area contributed by atoms with Gasteiger partial charge in [0.15, 0.2) is 9.84 Å². The second-order valence-electron chi connectivity index (χ2n) is 8.47. The van der Waals surface area contributed by atoms with Gasteiger partial charge in [0.25, 0.3) is 0 Å². The quantitative estimate of drug-likeness (QED) is 0.656. The summed E-state index contributed by atoms with van der Waals surface area (Å²) in [5.74, 6) is -0.226. The Morgan fingerprint density at radius 2 is 1.74 bits per heavy atom. The average Bonchev–Trinajstić information content (AvgIpc) is 3.25. The number of carbonyl (C=O) groups is 1. The highest BCUT2D eigenvalue weighted by Crippen LogP contribution is 2.28. The molecule has 1 saturated heterocycles. The predicted molar refractivity (Wildman–Crippen MR) is 123 cm³/mol. The molecule has 0 aromatic heterocycles. The fourth-order valence-electron chi connectivity index (χ4n) is 4.61. The molecule has 0 spiro atoms. The van der Waals surface area contributed by atoms with Crippen molar-refractivity contribution in [3.8, 4) is 0 Å². The van der Waals surface area contributed by atoms with Crippen molar-refractivity contribution in [2.45, 2.75) is 43.5 Å². The first-order valence-corrected chi connectivity index (χ1v) is 13.0. The Morgan fingerprint density at radius 1 is 1.03 bits per heavy atom. The topological polar surface area (TPSA) is 57.7 Å². The molecule has 0 saturated carbocycles. The van der Waals surface area contributed by atoms with Crippen molar-refractivity contribution in [1.29, 1.82) is 0 Å². The average molecular weight is 461 g/mol. The lowest BCUT2D eigenvalue weighted by Crippen LogP contribution is -2.49. The summed E-state index contributed by atoms with van der Waals surface area (Å²) in [5.41, 5.74) is 3.47. The summed E-state index contributed by atoms with van der Waals surface area (Å²) in [6.07, 6.45) is 3.07. The minimum Gasteiger partial charge on any atom is -0.340 e. The molecule has 0 bridgehead atoms. The van der Waals surface area contributed by atoms with Gasteiger partial charge in [0, 0.05) is 43.7 Å². The van der Waals surface area contributed by atoms with Crippen LogP contribution in [0.4, 0.5) is 0 Å². The van der Waals surface area contributed by atoms with Crippen LogP contribution < -0.4 is 0 Å². The maximum atomic E-state index is 12.8. The number of hydrogen-bond donors (Lipinski definition) is 0. The molecule has 2 aromatic carbocycles. The summed E-state index contributed by atoms with van der Waals surface area (Å²) in [5, 5.41) is 0.755. The molecular weight excluding hydrogens is 432 g/mol. The van der Waals surface area contributed by atoms with Gasteiger partial charge in [0.2, 0.25) is 5.91 Å². The van der Waals surface area contributed by atoms with Gasteiger partial charge in [-0.25, -0.2) is 8.42 Å². The van der Waals surface area contributed by atoms with Gasteiger partial charge in [0.05, 0.1) is 10.6 Å². The summed E-state index contributed by atoms with van der Waals surface area (Å²) in [6, 6.07) is 13.4. The molecule has 7 heteroatoms. The number of benzene rings is 2. The molecule has 4 rings (SSSR count). The van der Waals surface area contributed by atoms with Crippen molar-refractivity contribution >= 4 is 27.3 Å². The number of sulfone groups is 1. The van der Waals surface area contributed by atoms with Crippen LogP contribution in [0.1, 0.15) is 42.5 Å². The maximum absolute atomic E-state index is 12.8. The third-order valence-electron chi connectivity index (χ3n) is 6.58. The highest BCUT2D eigenvalue weighted by molar-refractivity contribution is 7.91. The standard InChI is InChI=1S/C24H29ClN2O3S/c1-18(22-7-2-3-8-23(22)25)26-12-14-27(15-13-26)24(28)11-16-31(29,30)21-10-9-19-5-4-6-20(19)17-21/h2-3,7-10,17-18H,4-6,11-16H2,1H3. The lowest BCUT2D eigenvalue weighted by atomic mass is 10.1. The minimum atomic E-state index is -3.45. The summed E-state index contributed by atoms with van der Waals surface area (Å²) < 4.78 is 25.5. The fourth-order valence-corrected chi connectivity index (χ4v) is 6.18. The van der Waals surface area contributed by atoms with E-state index in [1.807, 2.05) is 30.3 Å². The molecule has 2 aliphatic rings. The summed E-state index contributed by atoms with van der Waals surface area (Å²) in [4.78, 5) is 17.1. The monoisotopic (exact) mass is 460 g/mol. The Balaban J connectivity index is 1.30. The lowest BCUT2D eigenvalue weighted by molar-refractivity contribution is -0.132. The molecule has 2 aromatic rings. The molecule has 5 nitrogen and oxygen atoms in total. The number of fused-ring (bicyclic) bond motifs is 1. The van der Waals surface area contributed by atoms with Crippen LogP contribution in [-0.4, -0.2) is 56.1 Å². The van der Waals surface area contributed by atoms with E-state index in [0.717, 1.165) is 48.5 Å². The van der Waals surface area contributed by atoms with Gasteiger partial charge in [-0.05, 0) is 61.1 Å². The maximum Gasteiger partial charge on any atom is 0.223 e. The normalized spacial score (nSPS) is 18.1. The van der Waals surface area contributed by atoms with E-state index in [-0.39, 0.29) is 24.1 Å². The number of hydrogen-bond acceptors (Lipinski definition) is 4. The zero-order valence-corrected chi connectivity index (χ0v) is 19.5. The van der Waals surface area contributed by atoms with E-state index in [4.69, 9.17) is 11.6 Å². The van der Waals surface area contributed by atoms with Crippen LogP contribution >= 0.6 is 11.6 Å². The second kappa shape index (κ2) is 9.31. The van der Waals surface area contributed by atoms with Crippen molar-refractivity contribution < 1.29 is 13.2 Å². The zero-order valence-electron chi connectivity index (χ0n) is 17.9.